The van der Waals surface area contributed by atoms with Gasteiger partial charge in [-0.05, 0) is 34.1 Å². The quantitative estimate of drug-likeness (QED) is 0.939. The monoisotopic (exact) mass is 281 g/mol. The molecule has 84 valence electrons. The van der Waals surface area contributed by atoms with Gasteiger partial charge in [0, 0.05) is 23.4 Å². The first-order valence-corrected chi connectivity index (χ1v) is 5.81. The second kappa shape index (κ2) is 4.80. The van der Waals surface area contributed by atoms with Gasteiger partial charge in [-0.1, -0.05) is 13.0 Å². The van der Waals surface area contributed by atoms with Crippen molar-refractivity contribution in [3.63, 3.8) is 0 Å². The molecule has 1 N–H and O–H groups in total. The molecule has 2 unspecified atom stereocenters. The summed E-state index contributed by atoms with van der Waals surface area (Å²) in [5.41, 5.74) is 1.61. The molecule has 0 aliphatic carbocycles. The minimum absolute atomic E-state index is 0.0740. The maximum Gasteiger partial charge on any atom is 0.174 e. The zero-order chi connectivity index (χ0) is 11.5. The molecule has 0 saturated heterocycles. The Balaban J connectivity index is 2.23. The Bertz CT molecular complexity index is 455. The van der Waals surface area contributed by atoms with Crippen LogP contribution >= 0.6 is 15.9 Å². The second-order valence-corrected chi connectivity index (χ2v) is 4.36. The highest BCUT2D eigenvalue weighted by Crippen LogP contribution is 2.33. The fourth-order valence-electron chi connectivity index (χ4n) is 1.59. The molecule has 0 aromatic carbocycles. The number of pyridine rings is 1. The van der Waals surface area contributed by atoms with Crippen LogP contribution in [-0.4, -0.2) is 10.1 Å². The van der Waals surface area contributed by atoms with E-state index in [-0.39, 0.29) is 5.92 Å². The van der Waals surface area contributed by atoms with Gasteiger partial charge in [0.1, 0.15) is 0 Å². The van der Waals surface area contributed by atoms with Crippen LogP contribution in [0, 0.1) is 0 Å². The Morgan fingerprint density at radius 1 is 1.38 bits per heavy atom. The van der Waals surface area contributed by atoms with E-state index in [0.717, 1.165) is 11.3 Å². The predicted octanol–water partition coefficient (Wildman–Crippen LogP) is 3.27. The lowest BCUT2D eigenvalue weighted by molar-refractivity contribution is 0.148. The van der Waals surface area contributed by atoms with Crippen LogP contribution in [0.15, 0.2) is 45.8 Å². The van der Waals surface area contributed by atoms with Gasteiger partial charge in [0.25, 0.3) is 0 Å². The molecule has 2 heterocycles. The normalized spacial score (nSPS) is 14.7. The van der Waals surface area contributed by atoms with E-state index in [1.165, 1.54) is 0 Å². The Hall–Kier alpha value is -1.13. The minimum Gasteiger partial charge on any atom is -0.457 e. The van der Waals surface area contributed by atoms with Gasteiger partial charge < -0.3 is 9.52 Å². The van der Waals surface area contributed by atoms with E-state index in [0.29, 0.717) is 4.67 Å². The first kappa shape index (κ1) is 11.4. The van der Waals surface area contributed by atoms with Gasteiger partial charge in [-0.15, -0.1) is 0 Å². The number of hydrogen-bond donors (Lipinski definition) is 1. The van der Waals surface area contributed by atoms with Gasteiger partial charge in [-0.3, -0.25) is 4.98 Å². The average molecular weight is 282 g/mol. The van der Waals surface area contributed by atoms with E-state index in [1.54, 1.807) is 18.5 Å². The van der Waals surface area contributed by atoms with Crippen molar-refractivity contribution in [2.24, 2.45) is 0 Å². The van der Waals surface area contributed by atoms with Crippen LogP contribution in [0.3, 0.4) is 0 Å². The van der Waals surface area contributed by atoms with Crippen molar-refractivity contribution in [3.05, 3.63) is 52.7 Å². The fraction of sp³-hybridized carbons (Fsp3) is 0.250. The molecule has 2 rings (SSSR count). The van der Waals surface area contributed by atoms with Gasteiger partial charge >= 0.3 is 0 Å². The largest absolute Gasteiger partial charge is 0.457 e. The van der Waals surface area contributed by atoms with Crippen LogP contribution in [0.25, 0.3) is 0 Å². The number of aliphatic hydroxyl groups excluding tert-OH is 1. The number of rotatable bonds is 3. The third-order valence-electron chi connectivity index (χ3n) is 2.59. The Morgan fingerprint density at radius 3 is 2.75 bits per heavy atom. The number of halogens is 1. The molecule has 0 bridgehead atoms. The van der Waals surface area contributed by atoms with E-state index in [2.05, 4.69) is 20.9 Å². The summed E-state index contributed by atoms with van der Waals surface area (Å²) in [7, 11) is 0. The highest BCUT2D eigenvalue weighted by atomic mass is 79.9. The lowest BCUT2D eigenvalue weighted by Crippen LogP contribution is -2.08. The minimum atomic E-state index is -0.622. The molecular formula is C12H12BrNO2. The van der Waals surface area contributed by atoms with Crippen LogP contribution in [0.5, 0.6) is 0 Å². The average Bonchev–Trinajstić information content (AvgIpc) is 2.75. The van der Waals surface area contributed by atoms with Gasteiger partial charge in [-0.25, -0.2) is 0 Å². The fourth-order valence-corrected chi connectivity index (χ4v) is 2.07. The molecule has 3 nitrogen and oxygen atoms in total. The molecule has 0 radical (unpaired) electrons. The maximum atomic E-state index is 10.2. The van der Waals surface area contributed by atoms with Crippen LogP contribution in [0.4, 0.5) is 0 Å². The van der Waals surface area contributed by atoms with E-state index in [9.17, 15) is 5.11 Å². The zero-order valence-electron chi connectivity index (χ0n) is 8.80. The van der Waals surface area contributed by atoms with E-state index < -0.39 is 6.10 Å². The third-order valence-corrected chi connectivity index (χ3v) is 3.24. The molecule has 2 aromatic rings. The summed E-state index contributed by atoms with van der Waals surface area (Å²) in [5.74, 6) is -0.0740. The molecule has 0 aliphatic heterocycles. The Morgan fingerprint density at radius 2 is 2.19 bits per heavy atom. The van der Waals surface area contributed by atoms with Crippen LogP contribution in [0.2, 0.25) is 0 Å². The molecule has 0 spiro atoms. The lowest BCUT2D eigenvalue weighted by Gasteiger charge is -2.17. The summed E-state index contributed by atoms with van der Waals surface area (Å²) in [4.78, 5) is 4.23. The van der Waals surface area contributed by atoms with E-state index in [4.69, 9.17) is 4.42 Å². The molecule has 0 saturated carbocycles. The van der Waals surface area contributed by atoms with Gasteiger partial charge in [0.15, 0.2) is 4.67 Å². The first-order valence-electron chi connectivity index (χ1n) is 5.02. The summed E-state index contributed by atoms with van der Waals surface area (Å²) in [6.07, 6.45) is 2.65. The predicted molar refractivity (Wildman–Crippen MR) is 64.0 cm³/mol. The highest BCUT2D eigenvalue weighted by molar-refractivity contribution is 9.10. The molecule has 0 fully saturated rings. The smallest absolute Gasteiger partial charge is 0.174 e. The van der Waals surface area contributed by atoms with Gasteiger partial charge in [-0.2, -0.15) is 0 Å². The molecule has 4 heteroatoms. The van der Waals surface area contributed by atoms with Crippen molar-refractivity contribution in [2.45, 2.75) is 18.9 Å². The highest BCUT2D eigenvalue weighted by Gasteiger charge is 2.22. The van der Waals surface area contributed by atoms with Crippen LogP contribution < -0.4 is 0 Å². The first-order chi connectivity index (χ1) is 7.70. The number of aromatic nitrogens is 1. The van der Waals surface area contributed by atoms with E-state index >= 15 is 0 Å². The Labute approximate surface area is 102 Å². The summed E-state index contributed by atoms with van der Waals surface area (Å²) in [5, 5.41) is 10.2. The van der Waals surface area contributed by atoms with Gasteiger partial charge in [0.2, 0.25) is 0 Å². The zero-order valence-corrected chi connectivity index (χ0v) is 10.4. The molecule has 2 atom stereocenters. The number of furan rings is 1. The summed E-state index contributed by atoms with van der Waals surface area (Å²) < 4.78 is 5.68. The van der Waals surface area contributed by atoms with Crippen LogP contribution in [0.1, 0.15) is 30.2 Å². The van der Waals surface area contributed by atoms with Crippen molar-refractivity contribution >= 4 is 15.9 Å². The molecule has 16 heavy (non-hydrogen) atoms. The lowest BCUT2D eigenvalue weighted by atomic mass is 9.96. The molecule has 2 aromatic heterocycles. The number of hydrogen-bond acceptors (Lipinski definition) is 3. The SMILES string of the molecule is CC(c1ccccn1)C(O)c1ccoc1Br. The number of nitrogens with zero attached hydrogens (tertiary/aromatic N) is 1. The number of aliphatic hydroxyl groups is 1. The molecular weight excluding hydrogens is 270 g/mol. The van der Waals surface area contributed by atoms with Crippen LogP contribution in [-0.2, 0) is 0 Å². The van der Waals surface area contributed by atoms with Crippen molar-refractivity contribution in [1.82, 2.24) is 4.98 Å². The van der Waals surface area contributed by atoms with Gasteiger partial charge in [0.05, 0.1) is 12.4 Å². The van der Waals surface area contributed by atoms with E-state index in [1.807, 2.05) is 25.1 Å². The standard InChI is InChI=1S/C12H12BrNO2/c1-8(10-4-2-3-6-14-10)11(15)9-5-7-16-12(9)13/h2-8,11,15H,1H3. The van der Waals surface area contributed by atoms with Crippen molar-refractivity contribution < 1.29 is 9.52 Å². The second-order valence-electron chi connectivity index (χ2n) is 3.64. The maximum absolute atomic E-state index is 10.2. The van der Waals surface area contributed by atoms with Crippen molar-refractivity contribution in [1.29, 1.82) is 0 Å². The summed E-state index contributed by atoms with van der Waals surface area (Å²) in [6, 6.07) is 7.43. The summed E-state index contributed by atoms with van der Waals surface area (Å²) in [6.45, 7) is 1.94. The Kier molecular flexibility index (Phi) is 3.41. The third kappa shape index (κ3) is 2.18. The molecule has 0 aliphatic rings. The topological polar surface area (TPSA) is 46.3 Å². The molecule has 0 amide bonds. The summed E-state index contributed by atoms with van der Waals surface area (Å²) >= 11 is 3.26. The van der Waals surface area contributed by atoms with Crippen molar-refractivity contribution in [3.8, 4) is 0 Å². The van der Waals surface area contributed by atoms with Crippen molar-refractivity contribution in [2.75, 3.05) is 0 Å².